The molecule has 1 fully saturated rings. The molecule has 3 aromatic carbocycles. The first-order valence-electron chi connectivity index (χ1n) is 17.8. The zero-order valence-electron chi connectivity index (χ0n) is 30.3. The average Bonchev–Trinajstić information content (AvgIpc) is 3.60. The number of rotatable bonds is 11. The van der Waals surface area contributed by atoms with Gasteiger partial charge in [0.05, 0.1) is 22.4 Å². The number of aryl methyl sites for hydroxylation is 1. The molecule has 0 unspecified atom stereocenters. The minimum Gasteiger partial charge on any atom is -0.358 e. The van der Waals surface area contributed by atoms with E-state index in [1.54, 1.807) is 36.4 Å². The fourth-order valence-corrected chi connectivity index (χ4v) is 6.84. The Hall–Kier alpha value is -5.40. The van der Waals surface area contributed by atoms with Gasteiger partial charge in [0, 0.05) is 78.8 Å². The van der Waals surface area contributed by atoms with Crippen LogP contribution < -0.4 is 16.0 Å². The van der Waals surface area contributed by atoms with Crippen LogP contribution in [0.1, 0.15) is 62.6 Å². The molecule has 3 heterocycles. The number of nitrogens with zero attached hydrogens (tertiary/aromatic N) is 3. The molecule has 53 heavy (non-hydrogen) atoms. The maximum atomic E-state index is 13.7. The lowest BCUT2D eigenvalue weighted by molar-refractivity contribution is -0.137. The number of fused-ring (bicyclic) bond motifs is 1. The summed E-state index contributed by atoms with van der Waals surface area (Å²) in [6.45, 7) is 15.2. The van der Waals surface area contributed by atoms with Crippen molar-refractivity contribution < 1.29 is 27.6 Å². The molecule has 1 saturated heterocycles. The predicted molar refractivity (Wildman–Crippen MR) is 202 cm³/mol. The van der Waals surface area contributed by atoms with E-state index >= 15 is 0 Å². The molecule has 0 atom stereocenters. The highest BCUT2D eigenvalue weighted by molar-refractivity contribution is 6.35. The lowest BCUT2D eigenvalue weighted by atomic mass is 10.0. The SMILES string of the molecule is CCN(CC)CCN1CCN(C(=O)c2c(C)[nH]c(/C=C3\C(=O)Nc4cc(Nc5cccc(NC(=O)c6cccc(C(F)(F)F)c6)c5)ccc43)c2C)CC1. The van der Waals surface area contributed by atoms with Crippen LogP contribution in [0.5, 0.6) is 0 Å². The molecule has 4 N–H and O–H groups in total. The Morgan fingerprint density at radius 2 is 1.60 bits per heavy atom. The molecule has 0 saturated carbocycles. The number of likely N-dealkylation sites (N-methyl/N-ethyl adjacent to an activating group) is 1. The molecular formula is C40H44F3N7O3. The summed E-state index contributed by atoms with van der Waals surface area (Å²) in [5, 5.41) is 8.83. The van der Waals surface area contributed by atoms with Crippen LogP contribution in [0.2, 0.25) is 0 Å². The van der Waals surface area contributed by atoms with Crippen molar-refractivity contribution in [1.29, 1.82) is 0 Å². The molecule has 13 heteroatoms. The van der Waals surface area contributed by atoms with Crippen molar-refractivity contribution in [3.8, 4) is 0 Å². The van der Waals surface area contributed by atoms with Crippen molar-refractivity contribution in [2.24, 2.45) is 0 Å². The van der Waals surface area contributed by atoms with E-state index < -0.39 is 17.6 Å². The summed E-state index contributed by atoms with van der Waals surface area (Å²) in [5.74, 6) is -0.941. The van der Waals surface area contributed by atoms with Gasteiger partial charge >= 0.3 is 6.18 Å². The standard InChI is InChI=1S/C40H44F3N7O3/c1-5-48(6-2)15-16-49-17-19-50(20-18-49)39(53)36-25(3)34(44-26(36)4)24-33-32-14-13-31(23-35(32)47-38(33)52)45-29-11-8-12-30(22-29)46-37(51)27-9-7-10-28(21-27)40(41,42)43/h7-14,21-24,44-45H,5-6,15-20H2,1-4H3,(H,46,51)(H,47,52)/b33-24-. The normalized spacial score (nSPS) is 15.5. The van der Waals surface area contributed by atoms with Crippen LogP contribution in [0.25, 0.3) is 11.6 Å². The van der Waals surface area contributed by atoms with Crippen LogP contribution in [0.15, 0.2) is 66.7 Å². The zero-order chi connectivity index (χ0) is 37.9. The van der Waals surface area contributed by atoms with Gasteiger partial charge in [-0.1, -0.05) is 32.0 Å². The van der Waals surface area contributed by atoms with Gasteiger partial charge in [0.2, 0.25) is 0 Å². The Labute approximate surface area is 307 Å². The molecule has 0 spiro atoms. The molecule has 0 aliphatic carbocycles. The third kappa shape index (κ3) is 8.47. The number of nitrogens with one attached hydrogen (secondary N) is 4. The van der Waals surface area contributed by atoms with Crippen molar-refractivity contribution in [3.05, 3.63) is 106 Å². The van der Waals surface area contributed by atoms with Gasteiger partial charge in [0.15, 0.2) is 0 Å². The Balaban J connectivity index is 1.12. The van der Waals surface area contributed by atoms with Crippen LogP contribution in [-0.2, 0) is 11.0 Å². The van der Waals surface area contributed by atoms with Crippen LogP contribution in [0.3, 0.4) is 0 Å². The molecule has 2 aliphatic rings. The third-order valence-corrected chi connectivity index (χ3v) is 9.93. The number of carbonyl (C=O) groups is 3. The highest BCUT2D eigenvalue weighted by Crippen LogP contribution is 2.37. The van der Waals surface area contributed by atoms with Crippen molar-refractivity contribution >= 4 is 52.1 Å². The van der Waals surface area contributed by atoms with Crippen molar-refractivity contribution in [2.45, 2.75) is 33.9 Å². The topological polar surface area (TPSA) is 113 Å². The molecule has 2 aliphatic heterocycles. The quantitative estimate of drug-likeness (QED) is 0.121. The number of halogens is 3. The molecule has 278 valence electrons. The lowest BCUT2D eigenvalue weighted by Crippen LogP contribution is -2.50. The molecule has 3 amide bonds. The number of carbonyl (C=O) groups excluding carboxylic acids is 3. The van der Waals surface area contributed by atoms with E-state index in [1.165, 1.54) is 12.1 Å². The van der Waals surface area contributed by atoms with Crippen molar-refractivity contribution in [2.75, 3.05) is 68.3 Å². The van der Waals surface area contributed by atoms with E-state index in [9.17, 15) is 27.6 Å². The Morgan fingerprint density at radius 1 is 0.906 bits per heavy atom. The van der Waals surface area contributed by atoms with Gasteiger partial charge in [0.1, 0.15) is 0 Å². The molecule has 1 aromatic heterocycles. The second-order valence-corrected chi connectivity index (χ2v) is 13.3. The fraction of sp³-hybridized carbons (Fsp3) is 0.325. The summed E-state index contributed by atoms with van der Waals surface area (Å²) in [7, 11) is 0. The number of aromatic nitrogens is 1. The van der Waals surface area contributed by atoms with Gasteiger partial charge in [0.25, 0.3) is 17.7 Å². The molecular weight excluding hydrogens is 683 g/mol. The van der Waals surface area contributed by atoms with E-state index in [4.69, 9.17) is 0 Å². The third-order valence-electron chi connectivity index (χ3n) is 9.93. The van der Waals surface area contributed by atoms with Gasteiger partial charge in [-0.3, -0.25) is 19.3 Å². The van der Waals surface area contributed by atoms with Crippen LogP contribution >= 0.6 is 0 Å². The van der Waals surface area contributed by atoms with E-state index in [2.05, 4.69) is 44.6 Å². The molecule has 0 radical (unpaired) electrons. The summed E-state index contributed by atoms with van der Waals surface area (Å²) < 4.78 is 39.4. The van der Waals surface area contributed by atoms with E-state index in [0.29, 0.717) is 58.2 Å². The fourth-order valence-electron chi connectivity index (χ4n) is 6.84. The van der Waals surface area contributed by atoms with Crippen LogP contribution in [0, 0.1) is 13.8 Å². The highest BCUT2D eigenvalue weighted by Gasteiger charge is 2.31. The number of hydrogen-bond donors (Lipinski definition) is 4. The molecule has 4 aromatic rings. The number of aromatic amines is 1. The largest absolute Gasteiger partial charge is 0.416 e. The van der Waals surface area contributed by atoms with E-state index in [0.717, 1.165) is 62.7 Å². The summed E-state index contributed by atoms with van der Waals surface area (Å²) in [5.41, 5.74) is 5.34. The zero-order valence-corrected chi connectivity index (χ0v) is 30.3. The first kappa shape index (κ1) is 37.4. The number of piperazine rings is 1. The Morgan fingerprint density at radius 3 is 2.32 bits per heavy atom. The van der Waals surface area contributed by atoms with Crippen LogP contribution in [0.4, 0.5) is 35.9 Å². The maximum absolute atomic E-state index is 13.7. The monoisotopic (exact) mass is 727 g/mol. The van der Waals surface area contributed by atoms with Crippen molar-refractivity contribution in [1.82, 2.24) is 19.7 Å². The maximum Gasteiger partial charge on any atom is 0.416 e. The Kier molecular flexibility index (Phi) is 11.1. The summed E-state index contributed by atoms with van der Waals surface area (Å²) in [6, 6.07) is 16.5. The number of anilines is 4. The second-order valence-electron chi connectivity index (χ2n) is 13.3. The first-order valence-corrected chi connectivity index (χ1v) is 17.8. The predicted octanol–water partition coefficient (Wildman–Crippen LogP) is 7.24. The first-order chi connectivity index (χ1) is 25.3. The van der Waals surface area contributed by atoms with Gasteiger partial charge in [-0.15, -0.1) is 0 Å². The van der Waals surface area contributed by atoms with Gasteiger partial charge in [-0.2, -0.15) is 13.2 Å². The summed E-state index contributed by atoms with van der Waals surface area (Å²) in [6.07, 6.45) is -2.77. The highest BCUT2D eigenvalue weighted by atomic mass is 19.4. The summed E-state index contributed by atoms with van der Waals surface area (Å²) in [4.78, 5) is 49.7. The second kappa shape index (κ2) is 15.7. The number of alkyl halides is 3. The summed E-state index contributed by atoms with van der Waals surface area (Å²) >= 11 is 0. The van der Waals surface area contributed by atoms with Gasteiger partial charge in [-0.05, 0) is 87.1 Å². The van der Waals surface area contributed by atoms with E-state index in [1.807, 2.05) is 30.9 Å². The number of amides is 3. The number of hydrogen-bond acceptors (Lipinski definition) is 6. The van der Waals surface area contributed by atoms with Crippen LogP contribution in [-0.4, -0.2) is 89.8 Å². The molecule has 10 nitrogen and oxygen atoms in total. The minimum atomic E-state index is -4.56. The number of H-pyrrole nitrogens is 1. The minimum absolute atomic E-state index is 0.00410. The smallest absolute Gasteiger partial charge is 0.358 e. The van der Waals surface area contributed by atoms with Crippen molar-refractivity contribution in [3.63, 3.8) is 0 Å². The van der Waals surface area contributed by atoms with E-state index in [-0.39, 0.29) is 17.4 Å². The molecule has 0 bridgehead atoms. The van der Waals surface area contributed by atoms with Gasteiger partial charge in [-0.25, -0.2) is 0 Å². The lowest BCUT2D eigenvalue weighted by Gasteiger charge is -2.35. The molecule has 6 rings (SSSR count). The average molecular weight is 728 g/mol. The number of benzene rings is 3. The van der Waals surface area contributed by atoms with Gasteiger partial charge < -0.3 is 30.7 Å². The Bertz CT molecular complexity index is 2040.